The zero-order valence-electron chi connectivity index (χ0n) is 19.8. The molecule has 4 amide bonds. The molecule has 1 saturated heterocycles. The maximum Gasteiger partial charge on any atom is 0.335 e. The third kappa shape index (κ3) is 3.83. The molecule has 6 nitrogen and oxygen atoms in total. The SMILES string of the molecule is CCc1ccc(N2C(=O)NC(=O)C(=Cc3cc(C)n(-c4cccc5ccccc45)c3C)C2=O)cc1. The number of carbonyl (C=O) groups excluding carboxylic acids is 3. The van der Waals surface area contributed by atoms with Crippen LogP contribution in [0.25, 0.3) is 22.5 Å². The van der Waals surface area contributed by atoms with Crippen molar-refractivity contribution in [2.75, 3.05) is 4.90 Å². The molecule has 35 heavy (non-hydrogen) atoms. The first kappa shape index (κ1) is 22.3. The van der Waals surface area contributed by atoms with Gasteiger partial charge in [-0.3, -0.25) is 14.9 Å². The molecule has 0 aliphatic carbocycles. The number of fused-ring (bicyclic) bond motifs is 1. The van der Waals surface area contributed by atoms with Gasteiger partial charge >= 0.3 is 6.03 Å². The second-order valence-electron chi connectivity index (χ2n) is 8.64. The predicted octanol–water partition coefficient (Wildman–Crippen LogP) is 5.48. The van der Waals surface area contributed by atoms with Crippen LogP contribution in [0.4, 0.5) is 10.5 Å². The number of anilines is 1. The van der Waals surface area contributed by atoms with Crippen molar-refractivity contribution in [1.29, 1.82) is 0 Å². The smallest absolute Gasteiger partial charge is 0.317 e. The topological polar surface area (TPSA) is 71.4 Å². The van der Waals surface area contributed by atoms with E-state index in [4.69, 9.17) is 0 Å². The van der Waals surface area contributed by atoms with Crippen molar-refractivity contribution >= 4 is 40.4 Å². The maximum atomic E-state index is 13.3. The first-order valence-electron chi connectivity index (χ1n) is 11.6. The summed E-state index contributed by atoms with van der Waals surface area (Å²) in [6.45, 7) is 5.98. The van der Waals surface area contributed by atoms with Crippen molar-refractivity contribution in [2.45, 2.75) is 27.2 Å². The van der Waals surface area contributed by atoms with Gasteiger partial charge in [-0.2, -0.15) is 0 Å². The summed E-state index contributed by atoms with van der Waals surface area (Å²) in [6.07, 6.45) is 2.41. The number of amides is 4. The predicted molar refractivity (Wildman–Crippen MR) is 138 cm³/mol. The van der Waals surface area contributed by atoms with Crippen LogP contribution in [-0.2, 0) is 16.0 Å². The average Bonchev–Trinajstić information content (AvgIpc) is 3.14. The summed E-state index contributed by atoms with van der Waals surface area (Å²) in [5.74, 6) is -1.34. The largest absolute Gasteiger partial charge is 0.335 e. The quantitative estimate of drug-likeness (QED) is 0.322. The molecule has 0 saturated carbocycles. The summed E-state index contributed by atoms with van der Waals surface area (Å²) >= 11 is 0. The molecule has 0 atom stereocenters. The Kier molecular flexibility index (Phi) is 5.57. The zero-order valence-corrected chi connectivity index (χ0v) is 19.8. The number of carbonyl (C=O) groups is 3. The molecule has 1 fully saturated rings. The Morgan fingerprint density at radius 2 is 1.60 bits per heavy atom. The van der Waals surface area contributed by atoms with Crippen LogP contribution < -0.4 is 10.2 Å². The Balaban J connectivity index is 1.57. The molecule has 1 aliphatic heterocycles. The van der Waals surface area contributed by atoms with E-state index in [9.17, 15) is 14.4 Å². The normalized spacial score (nSPS) is 15.2. The number of imide groups is 2. The molecule has 2 heterocycles. The number of aromatic nitrogens is 1. The van der Waals surface area contributed by atoms with Crippen molar-refractivity contribution in [1.82, 2.24) is 9.88 Å². The van der Waals surface area contributed by atoms with Crippen molar-refractivity contribution in [3.05, 3.63) is 101 Å². The first-order valence-corrected chi connectivity index (χ1v) is 11.6. The second-order valence-corrected chi connectivity index (χ2v) is 8.64. The third-order valence-corrected chi connectivity index (χ3v) is 6.48. The number of nitrogens with one attached hydrogen (secondary N) is 1. The first-order chi connectivity index (χ1) is 16.9. The molecule has 1 aromatic heterocycles. The van der Waals surface area contributed by atoms with Crippen LogP contribution in [0.2, 0.25) is 0 Å². The highest BCUT2D eigenvalue weighted by atomic mass is 16.2. The fourth-order valence-corrected chi connectivity index (χ4v) is 4.64. The number of benzene rings is 3. The van der Waals surface area contributed by atoms with E-state index in [1.807, 2.05) is 57.2 Å². The van der Waals surface area contributed by atoms with E-state index in [-0.39, 0.29) is 5.57 Å². The molecule has 0 unspecified atom stereocenters. The van der Waals surface area contributed by atoms with Gasteiger partial charge in [0.2, 0.25) is 0 Å². The maximum absolute atomic E-state index is 13.3. The van der Waals surface area contributed by atoms with E-state index in [0.29, 0.717) is 5.69 Å². The van der Waals surface area contributed by atoms with E-state index in [0.717, 1.165) is 50.3 Å². The van der Waals surface area contributed by atoms with Crippen molar-refractivity contribution in [3.63, 3.8) is 0 Å². The van der Waals surface area contributed by atoms with Gasteiger partial charge in [-0.1, -0.05) is 55.5 Å². The summed E-state index contributed by atoms with van der Waals surface area (Å²) in [4.78, 5) is 39.6. The molecular weight excluding hydrogens is 438 g/mol. The van der Waals surface area contributed by atoms with Crippen LogP contribution in [0, 0.1) is 13.8 Å². The van der Waals surface area contributed by atoms with Crippen molar-refractivity contribution in [2.24, 2.45) is 0 Å². The zero-order chi connectivity index (χ0) is 24.7. The fourth-order valence-electron chi connectivity index (χ4n) is 4.64. The van der Waals surface area contributed by atoms with Gasteiger partial charge in [0.1, 0.15) is 5.57 Å². The number of barbiturate groups is 1. The molecule has 0 bridgehead atoms. The van der Waals surface area contributed by atoms with Gasteiger partial charge in [0.25, 0.3) is 11.8 Å². The molecule has 4 aromatic rings. The van der Waals surface area contributed by atoms with Gasteiger partial charge in [-0.05, 0) is 67.1 Å². The molecule has 0 spiro atoms. The van der Waals surface area contributed by atoms with Gasteiger partial charge in [0, 0.05) is 16.8 Å². The van der Waals surface area contributed by atoms with Gasteiger partial charge in [-0.25, -0.2) is 9.69 Å². The van der Waals surface area contributed by atoms with E-state index >= 15 is 0 Å². The molecule has 5 rings (SSSR count). The Morgan fingerprint density at radius 1 is 0.886 bits per heavy atom. The molecule has 0 radical (unpaired) electrons. The summed E-state index contributed by atoms with van der Waals surface area (Å²) in [5, 5.41) is 4.54. The van der Waals surface area contributed by atoms with Gasteiger partial charge in [0.05, 0.1) is 11.4 Å². The minimum Gasteiger partial charge on any atom is -0.317 e. The van der Waals surface area contributed by atoms with Crippen LogP contribution >= 0.6 is 0 Å². The van der Waals surface area contributed by atoms with Crippen molar-refractivity contribution in [3.8, 4) is 5.69 Å². The van der Waals surface area contributed by atoms with E-state index < -0.39 is 17.8 Å². The standard InChI is InChI=1S/C29H25N3O3/c1-4-20-12-14-23(15-13-20)32-28(34)25(27(33)30-29(32)35)17-22-16-18(2)31(19(22)3)26-11-7-9-21-8-5-6-10-24(21)26/h5-17H,4H2,1-3H3,(H,30,33,35). The van der Waals surface area contributed by atoms with Crippen LogP contribution in [0.15, 0.2) is 78.4 Å². The van der Waals surface area contributed by atoms with Gasteiger partial charge < -0.3 is 4.57 Å². The monoisotopic (exact) mass is 463 g/mol. The lowest BCUT2D eigenvalue weighted by atomic mass is 10.1. The number of hydrogen-bond acceptors (Lipinski definition) is 3. The number of urea groups is 1. The molecule has 6 heteroatoms. The number of rotatable bonds is 4. The highest BCUT2D eigenvalue weighted by molar-refractivity contribution is 6.39. The molecular formula is C29H25N3O3. The molecule has 3 aromatic carbocycles. The number of aryl methyl sites for hydroxylation is 2. The van der Waals surface area contributed by atoms with Crippen LogP contribution in [0.3, 0.4) is 0 Å². The summed E-state index contributed by atoms with van der Waals surface area (Å²) in [7, 11) is 0. The minimum absolute atomic E-state index is 0.0812. The summed E-state index contributed by atoms with van der Waals surface area (Å²) < 4.78 is 2.12. The highest BCUT2D eigenvalue weighted by Gasteiger charge is 2.37. The van der Waals surface area contributed by atoms with E-state index in [1.54, 1.807) is 18.2 Å². The lowest BCUT2D eigenvalue weighted by molar-refractivity contribution is -0.122. The minimum atomic E-state index is -0.748. The average molecular weight is 464 g/mol. The molecule has 174 valence electrons. The van der Waals surface area contributed by atoms with Gasteiger partial charge in [-0.15, -0.1) is 0 Å². The Labute approximate surface area is 203 Å². The number of hydrogen-bond donors (Lipinski definition) is 1. The molecule has 1 N–H and O–H groups in total. The lowest BCUT2D eigenvalue weighted by Crippen LogP contribution is -2.54. The van der Waals surface area contributed by atoms with Gasteiger partial charge in [0.15, 0.2) is 0 Å². The number of nitrogens with zero attached hydrogens (tertiary/aromatic N) is 2. The Hall–Kier alpha value is -4.45. The lowest BCUT2D eigenvalue weighted by Gasteiger charge is -2.26. The van der Waals surface area contributed by atoms with Crippen molar-refractivity contribution < 1.29 is 14.4 Å². The highest BCUT2D eigenvalue weighted by Crippen LogP contribution is 2.29. The van der Waals surface area contributed by atoms with E-state index in [1.165, 1.54) is 0 Å². The summed E-state index contributed by atoms with van der Waals surface area (Å²) in [5.41, 5.74) is 5.05. The Morgan fingerprint density at radius 3 is 2.34 bits per heavy atom. The molecule has 1 aliphatic rings. The van der Waals surface area contributed by atoms with Crippen LogP contribution in [0.5, 0.6) is 0 Å². The summed E-state index contributed by atoms with van der Waals surface area (Å²) in [6, 6.07) is 22.7. The fraction of sp³-hybridized carbons (Fsp3) is 0.138. The Bertz CT molecular complexity index is 1520. The van der Waals surface area contributed by atoms with Crippen LogP contribution in [-0.4, -0.2) is 22.4 Å². The van der Waals surface area contributed by atoms with E-state index in [2.05, 4.69) is 34.1 Å². The third-order valence-electron chi connectivity index (χ3n) is 6.48. The second kappa shape index (κ2) is 8.72. The van der Waals surface area contributed by atoms with Crippen LogP contribution in [0.1, 0.15) is 29.4 Å².